The van der Waals surface area contributed by atoms with Crippen molar-refractivity contribution in [3.63, 3.8) is 0 Å². The van der Waals surface area contributed by atoms with Gasteiger partial charge in [-0.15, -0.1) is 0 Å². The summed E-state index contributed by atoms with van der Waals surface area (Å²) in [5, 5.41) is 31.1. The monoisotopic (exact) mass is 1690 g/mol. The van der Waals surface area contributed by atoms with E-state index in [2.05, 4.69) is 113 Å². The average molecular weight is 1690 g/mol. The third-order valence-electron chi connectivity index (χ3n) is 19.1. The molecule has 1 aliphatic heterocycles. The summed E-state index contributed by atoms with van der Waals surface area (Å²) in [6.07, 6.45) is 1.88. The van der Waals surface area contributed by atoms with Crippen LogP contribution in [-0.2, 0) is 57.4 Å². The first-order valence-corrected chi connectivity index (χ1v) is 40.5. The lowest BCUT2D eigenvalue weighted by Crippen LogP contribution is -2.52. The molecular weight excluding hydrogens is 1570 g/mol. The van der Waals surface area contributed by atoms with E-state index in [1.54, 1.807) is 69.3 Å². The van der Waals surface area contributed by atoms with Crippen molar-refractivity contribution in [2.75, 3.05) is 202 Å². The fourth-order valence-corrected chi connectivity index (χ4v) is 12.7. The van der Waals surface area contributed by atoms with Gasteiger partial charge in [0.1, 0.15) is 36.6 Å². The van der Waals surface area contributed by atoms with Gasteiger partial charge in [-0.25, -0.2) is 0 Å². The number of hydrogen-bond acceptors (Lipinski definition) is 26. The molecule has 660 valence electrons. The van der Waals surface area contributed by atoms with Crippen LogP contribution in [0, 0.1) is 26.7 Å². The third-order valence-corrected chi connectivity index (χ3v) is 19.1. The molecule has 0 spiro atoms. The maximum atomic E-state index is 13.8. The summed E-state index contributed by atoms with van der Waals surface area (Å²) in [5.41, 5.74) is 7.77. The largest absolute Gasteiger partial charge is 0.554 e. The highest BCUT2D eigenvalue weighted by atomic mass is 16.7. The number of nitrogens with zero attached hydrogens (tertiary/aromatic N) is 6. The Labute approximate surface area is 713 Å². The van der Waals surface area contributed by atoms with Crippen LogP contribution in [0.15, 0.2) is 127 Å². The molecule has 8 amide bonds. The number of carbonyl (C=O) groups is 12. The quantitative estimate of drug-likeness (QED) is 0.00518. The summed E-state index contributed by atoms with van der Waals surface area (Å²) in [5.74, 6) is -2.01. The van der Waals surface area contributed by atoms with E-state index in [4.69, 9.17) is 43.1 Å². The molecular formula is C88H118N14O20. The molecule has 0 atom stereocenters. The van der Waals surface area contributed by atoms with E-state index in [1.807, 2.05) is 59.9 Å². The molecule has 8 N–H and O–H groups in total. The highest BCUT2D eigenvalue weighted by molar-refractivity contribution is 5.99. The SMILES string of the molecule is CC(=O)Oc1cccc(C(=O)NCCNC(=O)CN2CCN(CC(=O)NCCCOCOCOCCCNC(=O)CCCOc3ccc([C+](c4ccc(N(C)C)cc4)c4ccc(N(C)C)cc4)cc3)CCN(CC(=O)NCCNC(=O)c3cccc(C)c3OC(C)=O)CCN(CC(=O)NCCNC(=O)c3cccc(OC(C)=O)c3C)CC2)c1C.O=C[O-]. The van der Waals surface area contributed by atoms with E-state index in [0.717, 1.165) is 39.7 Å². The number of rotatable bonds is 45. The molecule has 34 heteroatoms. The number of benzene rings is 6. The molecule has 34 nitrogen and oxygen atoms in total. The van der Waals surface area contributed by atoms with Crippen LogP contribution in [0.4, 0.5) is 11.4 Å². The number of hydrogen-bond donors (Lipinski definition) is 8. The van der Waals surface area contributed by atoms with Gasteiger partial charge in [-0.05, 0) is 137 Å². The highest BCUT2D eigenvalue weighted by Crippen LogP contribution is 2.34. The van der Waals surface area contributed by atoms with Crippen LogP contribution in [-0.4, -0.2) is 284 Å². The van der Waals surface area contributed by atoms with E-state index in [1.165, 1.54) is 26.8 Å². The molecule has 1 saturated heterocycles. The maximum absolute atomic E-state index is 13.8. The predicted molar refractivity (Wildman–Crippen MR) is 457 cm³/mol. The molecule has 0 unspecified atom stereocenters. The van der Waals surface area contributed by atoms with Crippen LogP contribution in [0.2, 0.25) is 0 Å². The first kappa shape index (κ1) is 98.8. The Morgan fingerprint density at radius 3 is 1.09 bits per heavy atom. The average Bonchev–Trinajstić information content (AvgIpc) is 0.804. The molecule has 7 rings (SSSR count). The van der Waals surface area contributed by atoms with Gasteiger partial charge in [0, 0.05) is 212 Å². The van der Waals surface area contributed by atoms with Crippen LogP contribution in [0.3, 0.4) is 0 Å². The van der Waals surface area contributed by atoms with E-state index >= 15 is 0 Å². The van der Waals surface area contributed by atoms with Gasteiger partial charge < -0.3 is 95.4 Å². The second-order valence-corrected chi connectivity index (χ2v) is 29.0. The molecule has 6 aromatic rings. The fourth-order valence-electron chi connectivity index (χ4n) is 12.7. The van der Waals surface area contributed by atoms with Gasteiger partial charge in [-0.1, -0.05) is 24.3 Å². The van der Waals surface area contributed by atoms with Crippen LogP contribution >= 0.6 is 0 Å². The molecule has 0 saturated carbocycles. The topological polar surface area (TPSA) is 408 Å². The minimum Gasteiger partial charge on any atom is -0.554 e. The normalized spacial score (nSPS) is 12.7. The van der Waals surface area contributed by atoms with Crippen molar-refractivity contribution in [3.8, 4) is 23.0 Å². The summed E-state index contributed by atoms with van der Waals surface area (Å²) >= 11 is 0. The minimum atomic E-state index is -0.586. The molecule has 0 aliphatic carbocycles. The van der Waals surface area contributed by atoms with E-state index in [9.17, 15) is 52.7 Å². The molecule has 1 heterocycles. The molecule has 0 radical (unpaired) electrons. The van der Waals surface area contributed by atoms with E-state index in [0.29, 0.717) is 73.3 Å². The number of ether oxygens (including phenoxy) is 7. The summed E-state index contributed by atoms with van der Waals surface area (Å²) in [4.78, 5) is 163. The molecule has 6 aromatic carbocycles. The highest BCUT2D eigenvalue weighted by Gasteiger charge is 2.27. The number of carbonyl (C=O) groups excluding carboxylic acids is 12. The summed E-state index contributed by atoms with van der Waals surface area (Å²) < 4.78 is 38.6. The van der Waals surface area contributed by atoms with E-state index in [-0.39, 0.29) is 197 Å². The zero-order chi connectivity index (χ0) is 88.7. The molecule has 0 aromatic heterocycles. The lowest BCUT2D eigenvalue weighted by atomic mass is 9.85. The van der Waals surface area contributed by atoms with Crippen LogP contribution in [0.5, 0.6) is 23.0 Å². The summed E-state index contributed by atoms with van der Waals surface area (Å²) in [6.45, 7) is 12.1. The van der Waals surface area contributed by atoms with Crippen molar-refractivity contribution in [2.45, 2.75) is 67.2 Å². The van der Waals surface area contributed by atoms with Crippen molar-refractivity contribution in [1.82, 2.24) is 62.1 Å². The van der Waals surface area contributed by atoms with Crippen LogP contribution < -0.4 is 76.4 Å². The lowest BCUT2D eigenvalue weighted by molar-refractivity contribution is -0.283. The second kappa shape index (κ2) is 54.3. The van der Waals surface area contributed by atoms with Gasteiger partial charge >= 0.3 is 17.9 Å². The number of para-hydroxylation sites is 1. The molecule has 0 bridgehead atoms. The number of esters is 3. The van der Waals surface area contributed by atoms with Gasteiger partial charge in [-0.3, -0.25) is 72.3 Å². The van der Waals surface area contributed by atoms with Gasteiger partial charge in [0.25, 0.3) is 17.7 Å². The first-order chi connectivity index (χ1) is 58.6. The Kier molecular flexibility index (Phi) is 43.9. The number of carboxylic acid groups (broad SMARTS) is 1. The number of aryl methyl sites for hydroxylation is 1. The molecule has 1 aliphatic rings. The Hall–Kier alpha value is -12.1. The Morgan fingerprint density at radius 2 is 0.721 bits per heavy atom. The Morgan fingerprint density at radius 1 is 0.393 bits per heavy atom. The zero-order valence-corrected chi connectivity index (χ0v) is 71.6. The van der Waals surface area contributed by atoms with Crippen LogP contribution in [0.25, 0.3) is 0 Å². The number of anilines is 2. The van der Waals surface area contributed by atoms with Gasteiger partial charge in [0.05, 0.1) is 74.2 Å². The lowest BCUT2D eigenvalue weighted by Gasteiger charge is -2.33. The summed E-state index contributed by atoms with van der Waals surface area (Å²) in [7, 11) is 8.10. The Balaban J connectivity index is 0.00000756. The van der Waals surface area contributed by atoms with Crippen molar-refractivity contribution < 1.29 is 95.8 Å². The Bertz CT molecular complexity index is 4310. The van der Waals surface area contributed by atoms with Crippen molar-refractivity contribution in [1.29, 1.82) is 0 Å². The first-order valence-electron chi connectivity index (χ1n) is 40.5. The minimum absolute atomic E-state index is 0.0244. The van der Waals surface area contributed by atoms with Crippen molar-refractivity contribution >= 4 is 83.0 Å². The number of amides is 8. The van der Waals surface area contributed by atoms with Crippen molar-refractivity contribution in [2.24, 2.45) is 0 Å². The van der Waals surface area contributed by atoms with Gasteiger partial charge in [0.15, 0.2) is 0 Å². The van der Waals surface area contributed by atoms with Gasteiger partial charge in [0.2, 0.25) is 29.5 Å². The van der Waals surface area contributed by atoms with Crippen molar-refractivity contribution in [3.05, 3.63) is 183 Å². The van der Waals surface area contributed by atoms with Crippen LogP contribution in [0.1, 0.15) is 111 Å². The maximum Gasteiger partial charge on any atom is 0.308 e. The summed E-state index contributed by atoms with van der Waals surface area (Å²) in [6, 6.07) is 39.6. The number of nitrogens with one attached hydrogen (secondary N) is 8. The van der Waals surface area contributed by atoms with E-state index < -0.39 is 42.1 Å². The zero-order valence-electron chi connectivity index (χ0n) is 71.6. The molecule has 1 fully saturated rings. The smallest absolute Gasteiger partial charge is 0.308 e. The van der Waals surface area contributed by atoms with Gasteiger partial charge in [-0.2, -0.15) is 0 Å². The molecule has 122 heavy (non-hydrogen) atoms. The predicted octanol–water partition coefficient (Wildman–Crippen LogP) is 2.90. The standard InChI is InChI=1S/C87H116N14O18.CH2O2/c1-61-17-11-20-75(84(61)119-66(6)104)87(112)95-43-40-92-82(109)58-100-47-45-98(55-79(106)89-37-16-53-114-60-115-59-113-52-15-36-88-78(105)23-14-54-116-72-34-28-69(29-35-72)83(67-24-30-70(31-25-67)96(7)8)68-26-32-71(33-27-68)97(9)10)44-46-99(56-80(107)90-38-41-93-85(110)73-18-12-21-76(62(73)2)117-64(4)102)48-50-101(51-49-100)57-81(108)91-39-42-94-86(111)74-19-13-22-77(63(74)3)118-65(5)103;2-1-3/h11-13,17-22,24-35H,14-16,23,36-60H2,1-10H3,(H7-,88,89,90,91,92,93,94,95,105,106,107,108,109,110,111,112);1H,(H,2,3). The fraction of sp³-hybridized carbons (Fsp3) is 0.443. The second-order valence-electron chi connectivity index (χ2n) is 29.0. The third kappa shape index (κ3) is 36.5.